The van der Waals surface area contributed by atoms with Gasteiger partial charge in [-0.25, -0.2) is 9.18 Å². The number of aliphatic carboxylic acids is 1. The molecule has 2 atom stereocenters. The molecule has 0 bridgehead atoms. The monoisotopic (exact) mass is 277 g/mol. The lowest BCUT2D eigenvalue weighted by Crippen LogP contribution is -2.26. The van der Waals surface area contributed by atoms with Gasteiger partial charge in [-0.05, 0) is 36.5 Å². The van der Waals surface area contributed by atoms with Crippen molar-refractivity contribution in [1.29, 1.82) is 0 Å². The van der Waals surface area contributed by atoms with Crippen molar-refractivity contribution < 1.29 is 19.1 Å². The summed E-state index contributed by atoms with van der Waals surface area (Å²) in [7, 11) is 0. The van der Waals surface area contributed by atoms with E-state index in [0.29, 0.717) is 18.4 Å². The highest BCUT2D eigenvalue weighted by atomic mass is 19.1. The van der Waals surface area contributed by atoms with Gasteiger partial charge in [-0.2, -0.15) is 0 Å². The Hall–Kier alpha value is -2.17. The average molecular weight is 277 g/mol. The van der Waals surface area contributed by atoms with Crippen LogP contribution in [0.1, 0.15) is 29.3 Å². The van der Waals surface area contributed by atoms with Crippen LogP contribution in [0.3, 0.4) is 0 Å². The van der Waals surface area contributed by atoms with Gasteiger partial charge in [-0.15, -0.1) is 0 Å². The zero-order valence-corrected chi connectivity index (χ0v) is 11.1. The first-order valence-electron chi connectivity index (χ1n) is 6.46. The largest absolute Gasteiger partial charge is 0.478 e. The number of rotatable bonds is 5. The van der Waals surface area contributed by atoms with E-state index in [0.717, 1.165) is 24.6 Å². The third kappa shape index (κ3) is 3.66. The van der Waals surface area contributed by atoms with Gasteiger partial charge < -0.3 is 10.4 Å². The zero-order chi connectivity index (χ0) is 14.7. The molecule has 2 unspecified atom stereocenters. The second-order valence-corrected chi connectivity index (χ2v) is 5.09. The molecule has 106 valence electrons. The Bertz CT molecular complexity index is 568. The molecular weight excluding hydrogens is 261 g/mol. The van der Waals surface area contributed by atoms with E-state index in [4.69, 9.17) is 5.11 Å². The lowest BCUT2D eigenvalue weighted by Gasteiger charge is -2.05. The van der Waals surface area contributed by atoms with Crippen molar-refractivity contribution in [2.75, 3.05) is 6.54 Å². The van der Waals surface area contributed by atoms with Crippen molar-refractivity contribution >= 4 is 18.0 Å². The first kappa shape index (κ1) is 14.2. The molecule has 2 rings (SSSR count). The molecule has 0 heterocycles. The number of carbonyl (C=O) groups excluding carboxylic acids is 1. The SMILES string of the molecule is CC1CC1CNC(=O)c1ccc(/C=C/C(=O)O)c(F)c1. The molecule has 20 heavy (non-hydrogen) atoms. The molecule has 2 N–H and O–H groups in total. The molecule has 0 radical (unpaired) electrons. The van der Waals surface area contributed by atoms with Crippen LogP contribution in [0.15, 0.2) is 24.3 Å². The molecule has 1 amide bonds. The Kier molecular flexibility index (Phi) is 4.17. The van der Waals surface area contributed by atoms with Crippen LogP contribution in [0.2, 0.25) is 0 Å². The van der Waals surface area contributed by atoms with Gasteiger partial charge in [0.05, 0.1) is 0 Å². The lowest BCUT2D eigenvalue weighted by atomic mass is 10.1. The van der Waals surface area contributed by atoms with Gasteiger partial charge in [0, 0.05) is 23.7 Å². The second-order valence-electron chi connectivity index (χ2n) is 5.09. The van der Waals surface area contributed by atoms with Crippen LogP contribution in [0.25, 0.3) is 6.08 Å². The van der Waals surface area contributed by atoms with Gasteiger partial charge in [0.1, 0.15) is 5.82 Å². The van der Waals surface area contributed by atoms with Crippen molar-refractivity contribution in [2.24, 2.45) is 11.8 Å². The molecular formula is C15H16FNO3. The molecule has 1 saturated carbocycles. The molecule has 1 aromatic rings. The second kappa shape index (κ2) is 5.86. The van der Waals surface area contributed by atoms with E-state index >= 15 is 0 Å². The Balaban J connectivity index is 2.00. The third-order valence-electron chi connectivity index (χ3n) is 3.47. The fourth-order valence-corrected chi connectivity index (χ4v) is 1.97. The predicted molar refractivity (Wildman–Crippen MR) is 72.7 cm³/mol. The minimum atomic E-state index is -1.15. The summed E-state index contributed by atoms with van der Waals surface area (Å²) >= 11 is 0. The highest BCUT2D eigenvalue weighted by Crippen LogP contribution is 2.36. The summed E-state index contributed by atoms with van der Waals surface area (Å²) in [5, 5.41) is 11.3. The quantitative estimate of drug-likeness (QED) is 0.812. The molecule has 1 fully saturated rings. The van der Waals surface area contributed by atoms with Crippen molar-refractivity contribution in [3.8, 4) is 0 Å². The normalized spacial score (nSPS) is 20.9. The van der Waals surface area contributed by atoms with E-state index in [1.165, 1.54) is 12.1 Å². The van der Waals surface area contributed by atoms with E-state index in [1.807, 2.05) is 0 Å². The van der Waals surface area contributed by atoms with Gasteiger partial charge in [-0.1, -0.05) is 13.0 Å². The van der Waals surface area contributed by atoms with Crippen LogP contribution in [0.4, 0.5) is 4.39 Å². The molecule has 1 aromatic carbocycles. The number of carbonyl (C=O) groups is 2. The molecule has 5 heteroatoms. The molecule has 0 saturated heterocycles. The highest BCUT2D eigenvalue weighted by molar-refractivity contribution is 5.94. The van der Waals surface area contributed by atoms with Crippen LogP contribution in [-0.4, -0.2) is 23.5 Å². The number of hydrogen-bond acceptors (Lipinski definition) is 2. The minimum Gasteiger partial charge on any atom is -0.478 e. The van der Waals surface area contributed by atoms with Crippen LogP contribution in [0, 0.1) is 17.7 Å². The number of amides is 1. The number of benzene rings is 1. The summed E-state index contributed by atoms with van der Waals surface area (Å²) in [5.74, 6) is -0.895. The minimum absolute atomic E-state index is 0.139. The summed E-state index contributed by atoms with van der Waals surface area (Å²) in [6.07, 6.45) is 3.13. The Morgan fingerprint density at radius 3 is 2.75 bits per heavy atom. The number of nitrogens with one attached hydrogen (secondary N) is 1. The van der Waals surface area contributed by atoms with Crippen LogP contribution in [0.5, 0.6) is 0 Å². The van der Waals surface area contributed by atoms with Crippen LogP contribution >= 0.6 is 0 Å². The molecule has 1 aliphatic rings. The summed E-state index contributed by atoms with van der Waals surface area (Å²) in [6, 6.07) is 3.99. The van der Waals surface area contributed by atoms with Crippen molar-refractivity contribution in [1.82, 2.24) is 5.32 Å². The third-order valence-corrected chi connectivity index (χ3v) is 3.47. The van der Waals surface area contributed by atoms with Gasteiger partial charge in [0.15, 0.2) is 0 Å². The molecule has 1 aliphatic carbocycles. The van der Waals surface area contributed by atoms with E-state index in [1.54, 1.807) is 0 Å². The van der Waals surface area contributed by atoms with Gasteiger partial charge >= 0.3 is 5.97 Å². The van der Waals surface area contributed by atoms with Crippen molar-refractivity contribution in [3.63, 3.8) is 0 Å². The topological polar surface area (TPSA) is 66.4 Å². The summed E-state index contributed by atoms with van der Waals surface area (Å²) in [5.41, 5.74) is 0.378. The van der Waals surface area contributed by atoms with E-state index in [-0.39, 0.29) is 17.0 Å². The van der Waals surface area contributed by atoms with Crippen LogP contribution in [-0.2, 0) is 4.79 Å². The fraction of sp³-hybridized carbons (Fsp3) is 0.333. The summed E-state index contributed by atoms with van der Waals surface area (Å²) in [6.45, 7) is 2.74. The molecule has 0 spiro atoms. The van der Waals surface area contributed by atoms with Crippen molar-refractivity contribution in [3.05, 3.63) is 41.2 Å². The Labute approximate surface area is 116 Å². The Morgan fingerprint density at radius 2 is 2.20 bits per heavy atom. The summed E-state index contributed by atoms with van der Waals surface area (Å²) < 4.78 is 13.7. The molecule has 0 aromatic heterocycles. The maximum absolute atomic E-state index is 13.7. The van der Waals surface area contributed by atoms with Gasteiger partial charge in [-0.3, -0.25) is 4.79 Å². The van der Waals surface area contributed by atoms with Crippen molar-refractivity contribution in [2.45, 2.75) is 13.3 Å². The maximum Gasteiger partial charge on any atom is 0.328 e. The van der Waals surface area contributed by atoms with Gasteiger partial charge in [0.25, 0.3) is 5.91 Å². The van der Waals surface area contributed by atoms with Crippen LogP contribution < -0.4 is 5.32 Å². The van der Waals surface area contributed by atoms with E-state index in [2.05, 4.69) is 12.2 Å². The molecule has 0 aliphatic heterocycles. The number of halogens is 1. The van der Waals surface area contributed by atoms with Gasteiger partial charge in [0.2, 0.25) is 0 Å². The number of carboxylic acids is 1. The standard InChI is InChI=1S/C15H16FNO3/c1-9-6-12(9)8-17-15(20)11-3-2-10(13(16)7-11)4-5-14(18)19/h2-5,7,9,12H,6,8H2,1H3,(H,17,20)(H,18,19)/b5-4+. The predicted octanol–water partition coefficient (Wildman–Crippen LogP) is 2.31. The molecule has 4 nitrogen and oxygen atoms in total. The number of hydrogen-bond donors (Lipinski definition) is 2. The first-order valence-corrected chi connectivity index (χ1v) is 6.46. The number of carboxylic acid groups (broad SMARTS) is 1. The maximum atomic E-state index is 13.7. The first-order chi connectivity index (χ1) is 9.47. The summed E-state index contributed by atoms with van der Waals surface area (Å²) in [4.78, 5) is 22.2. The Morgan fingerprint density at radius 1 is 1.50 bits per heavy atom. The zero-order valence-electron chi connectivity index (χ0n) is 11.1. The smallest absolute Gasteiger partial charge is 0.328 e. The lowest BCUT2D eigenvalue weighted by molar-refractivity contribution is -0.131. The fourth-order valence-electron chi connectivity index (χ4n) is 1.97. The van der Waals surface area contributed by atoms with E-state index < -0.39 is 11.8 Å². The highest BCUT2D eigenvalue weighted by Gasteiger charge is 2.32. The average Bonchev–Trinajstić information content (AvgIpc) is 3.10. The van der Waals surface area contributed by atoms with E-state index in [9.17, 15) is 14.0 Å².